The molecule has 0 atom stereocenters. The summed E-state index contributed by atoms with van der Waals surface area (Å²) in [6.07, 6.45) is 1.30. The molecule has 0 bridgehead atoms. The predicted octanol–water partition coefficient (Wildman–Crippen LogP) is 3.98. The van der Waals surface area contributed by atoms with Gasteiger partial charge in [0.25, 0.3) is 11.8 Å². The minimum Gasteiger partial charge on any atom is -0.476 e. The van der Waals surface area contributed by atoms with E-state index in [0.29, 0.717) is 10.0 Å². The second-order valence-corrected chi connectivity index (χ2v) is 7.32. The highest BCUT2D eigenvalue weighted by atomic mass is 79.9. The van der Waals surface area contributed by atoms with Gasteiger partial charge < -0.3 is 4.74 Å². The van der Waals surface area contributed by atoms with Gasteiger partial charge in [-0.15, -0.1) is 0 Å². The number of hydrogen-bond donors (Lipinski definition) is 1. The van der Waals surface area contributed by atoms with Gasteiger partial charge in [-0.3, -0.25) is 14.9 Å². The number of hydrogen-bond acceptors (Lipinski definition) is 5. The Morgan fingerprint density at radius 3 is 2.72 bits per heavy atom. The number of anilines is 1. The summed E-state index contributed by atoms with van der Waals surface area (Å²) in [5.41, 5.74) is 0.0781. The smallest absolute Gasteiger partial charge is 0.270 e. The average Bonchev–Trinajstić information content (AvgIpc) is 2.66. The van der Waals surface area contributed by atoms with Crippen LogP contribution in [0.5, 0.6) is 5.75 Å². The second-order valence-electron chi connectivity index (χ2n) is 5.67. The number of nitrogens with zero attached hydrogens (tertiary/aromatic N) is 2. The van der Waals surface area contributed by atoms with Gasteiger partial charge in [-0.05, 0) is 64.1 Å². The summed E-state index contributed by atoms with van der Waals surface area (Å²) in [6.45, 7) is -0.200. The van der Waals surface area contributed by atoms with E-state index in [-0.39, 0.29) is 33.8 Å². The van der Waals surface area contributed by atoms with Gasteiger partial charge in [0.15, 0.2) is 17.5 Å². The first-order chi connectivity index (χ1) is 13.8. The molecule has 0 saturated carbocycles. The summed E-state index contributed by atoms with van der Waals surface area (Å²) >= 11 is 14.5. The summed E-state index contributed by atoms with van der Waals surface area (Å²) in [5.74, 6) is -1.90. The molecule has 146 valence electrons. The number of thiocarbonyl (C=S) groups is 1. The average molecular weight is 495 g/mol. The van der Waals surface area contributed by atoms with Gasteiger partial charge in [-0.2, -0.15) is 5.26 Å². The fourth-order valence-electron chi connectivity index (χ4n) is 2.58. The van der Waals surface area contributed by atoms with Crippen molar-refractivity contribution < 1.29 is 18.7 Å². The molecule has 0 spiro atoms. The molecule has 2 amide bonds. The highest BCUT2D eigenvalue weighted by Crippen LogP contribution is 2.35. The lowest BCUT2D eigenvalue weighted by atomic mass is 10.1. The van der Waals surface area contributed by atoms with Crippen LogP contribution in [0, 0.1) is 17.1 Å². The Kier molecular flexibility index (Phi) is 6.27. The molecular weight excluding hydrogens is 485 g/mol. The maximum Gasteiger partial charge on any atom is 0.270 e. The first kappa shape index (κ1) is 20.9. The fourth-order valence-corrected chi connectivity index (χ4v) is 3.84. The van der Waals surface area contributed by atoms with Crippen LogP contribution in [0.1, 0.15) is 5.56 Å². The van der Waals surface area contributed by atoms with Crippen molar-refractivity contribution in [1.29, 1.82) is 5.26 Å². The number of rotatable bonds is 4. The largest absolute Gasteiger partial charge is 0.476 e. The number of nitriles is 1. The van der Waals surface area contributed by atoms with Crippen molar-refractivity contribution in [2.45, 2.75) is 0 Å². The minimum absolute atomic E-state index is 0.0761. The van der Waals surface area contributed by atoms with Crippen molar-refractivity contribution in [3.63, 3.8) is 0 Å². The monoisotopic (exact) mass is 493 g/mol. The molecule has 0 radical (unpaired) electrons. The number of halogens is 3. The summed E-state index contributed by atoms with van der Waals surface area (Å²) in [5, 5.41) is 11.0. The molecule has 1 saturated heterocycles. The van der Waals surface area contributed by atoms with Gasteiger partial charge in [0, 0.05) is 0 Å². The van der Waals surface area contributed by atoms with E-state index >= 15 is 0 Å². The lowest BCUT2D eigenvalue weighted by Gasteiger charge is -2.29. The Bertz CT molecular complexity index is 1090. The van der Waals surface area contributed by atoms with E-state index < -0.39 is 17.6 Å². The van der Waals surface area contributed by atoms with Crippen molar-refractivity contribution in [2.24, 2.45) is 0 Å². The zero-order valence-corrected chi connectivity index (χ0v) is 17.6. The molecule has 29 heavy (non-hydrogen) atoms. The van der Waals surface area contributed by atoms with Gasteiger partial charge in [-0.1, -0.05) is 23.7 Å². The van der Waals surface area contributed by atoms with Crippen molar-refractivity contribution in [2.75, 3.05) is 11.5 Å². The normalized spacial score (nSPS) is 15.3. The number of benzene rings is 2. The summed E-state index contributed by atoms with van der Waals surface area (Å²) < 4.78 is 19.8. The summed E-state index contributed by atoms with van der Waals surface area (Å²) in [7, 11) is 0. The standard InChI is InChI=1S/C19H10BrClFN3O3S/c20-12-8-10(9-13(21)16(12)28-6-5-23)7-11-17(26)24-19(29)25(18(11)27)15-4-2-1-3-14(15)22/h1-4,7-9H,6H2,(H,24,26,29)/b11-7+. The molecule has 0 aromatic heterocycles. The van der Waals surface area contributed by atoms with Gasteiger partial charge in [0.05, 0.1) is 15.2 Å². The van der Waals surface area contributed by atoms with Crippen LogP contribution in [0.15, 0.2) is 46.4 Å². The van der Waals surface area contributed by atoms with Crippen molar-refractivity contribution in [3.8, 4) is 11.8 Å². The number of nitrogens with one attached hydrogen (secondary N) is 1. The molecule has 1 fully saturated rings. The lowest BCUT2D eigenvalue weighted by molar-refractivity contribution is -0.122. The van der Waals surface area contributed by atoms with Crippen LogP contribution in [0.4, 0.5) is 10.1 Å². The number of para-hydroxylation sites is 1. The third kappa shape index (κ3) is 4.29. The van der Waals surface area contributed by atoms with E-state index in [1.54, 1.807) is 12.1 Å². The SMILES string of the molecule is N#CCOc1c(Cl)cc(/C=C2\C(=O)NC(=S)N(c3ccccc3F)C2=O)cc1Br. The number of amides is 2. The van der Waals surface area contributed by atoms with Gasteiger partial charge >= 0.3 is 0 Å². The molecule has 1 N–H and O–H groups in total. The molecule has 10 heteroatoms. The zero-order valence-electron chi connectivity index (χ0n) is 14.4. The molecular formula is C19H10BrClFN3O3S. The number of carbonyl (C=O) groups is 2. The van der Waals surface area contributed by atoms with Gasteiger partial charge in [0.1, 0.15) is 17.5 Å². The number of carbonyl (C=O) groups excluding carboxylic acids is 2. The molecule has 2 aromatic carbocycles. The molecule has 6 nitrogen and oxygen atoms in total. The molecule has 1 heterocycles. The topological polar surface area (TPSA) is 82.4 Å². The van der Waals surface area contributed by atoms with Gasteiger partial charge in [-0.25, -0.2) is 9.29 Å². The number of ether oxygens (including phenoxy) is 1. The van der Waals surface area contributed by atoms with E-state index in [2.05, 4.69) is 21.2 Å². The highest BCUT2D eigenvalue weighted by molar-refractivity contribution is 9.10. The minimum atomic E-state index is -0.777. The fraction of sp³-hybridized carbons (Fsp3) is 0.0526. The maximum atomic E-state index is 14.2. The Morgan fingerprint density at radius 1 is 1.34 bits per heavy atom. The molecule has 0 unspecified atom stereocenters. The summed E-state index contributed by atoms with van der Waals surface area (Å²) in [6, 6.07) is 10.4. The van der Waals surface area contributed by atoms with Crippen molar-refractivity contribution in [1.82, 2.24) is 5.32 Å². The van der Waals surface area contributed by atoms with Crippen LogP contribution < -0.4 is 15.0 Å². The Labute approximate surface area is 183 Å². The van der Waals surface area contributed by atoms with Gasteiger partial charge in [0.2, 0.25) is 0 Å². The summed E-state index contributed by atoms with van der Waals surface area (Å²) in [4.78, 5) is 26.2. The third-order valence-electron chi connectivity index (χ3n) is 3.81. The van der Waals surface area contributed by atoms with E-state index in [1.807, 2.05) is 6.07 Å². The zero-order chi connectivity index (χ0) is 21.1. The first-order valence-electron chi connectivity index (χ1n) is 7.98. The predicted molar refractivity (Wildman–Crippen MR) is 113 cm³/mol. The highest BCUT2D eigenvalue weighted by Gasteiger charge is 2.35. The van der Waals surface area contributed by atoms with Crippen LogP contribution in [0.25, 0.3) is 6.08 Å². The van der Waals surface area contributed by atoms with E-state index in [0.717, 1.165) is 4.90 Å². The van der Waals surface area contributed by atoms with E-state index in [1.165, 1.54) is 30.3 Å². The van der Waals surface area contributed by atoms with E-state index in [9.17, 15) is 14.0 Å². The Morgan fingerprint density at radius 2 is 2.07 bits per heavy atom. The van der Waals surface area contributed by atoms with E-state index in [4.69, 9.17) is 33.8 Å². The van der Waals surface area contributed by atoms with Crippen LogP contribution >= 0.6 is 39.7 Å². The van der Waals surface area contributed by atoms with Crippen LogP contribution in [-0.2, 0) is 9.59 Å². The van der Waals surface area contributed by atoms with Crippen LogP contribution in [0.2, 0.25) is 5.02 Å². The Balaban J connectivity index is 2.01. The third-order valence-corrected chi connectivity index (χ3v) is 4.96. The molecule has 2 aromatic rings. The maximum absolute atomic E-state index is 14.2. The van der Waals surface area contributed by atoms with Crippen LogP contribution in [0.3, 0.4) is 0 Å². The molecule has 1 aliphatic heterocycles. The lowest BCUT2D eigenvalue weighted by Crippen LogP contribution is -2.54. The molecule has 1 aliphatic rings. The molecule has 0 aliphatic carbocycles. The second kappa shape index (κ2) is 8.69. The first-order valence-corrected chi connectivity index (χ1v) is 9.56. The quantitative estimate of drug-likeness (QED) is 0.395. The van der Waals surface area contributed by atoms with Crippen LogP contribution in [-0.4, -0.2) is 23.5 Å². The molecule has 3 rings (SSSR count). The van der Waals surface area contributed by atoms with Crippen molar-refractivity contribution in [3.05, 3.63) is 62.8 Å². The van der Waals surface area contributed by atoms with Crippen molar-refractivity contribution >= 4 is 68.4 Å². The Hall–Kier alpha value is -2.80.